The Morgan fingerprint density at radius 2 is 1.53 bits per heavy atom. The molecule has 0 aliphatic carbocycles. The summed E-state index contributed by atoms with van der Waals surface area (Å²) in [4.78, 5) is 28.5. The Kier molecular flexibility index (Phi) is 8.26. The van der Waals surface area contributed by atoms with Crippen LogP contribution in [-0.4, -0.2) is 47.5 Å². The molecule has 2 rings (SSSR count). The molecule has 0 radical (unpaired) electrons. The van der Waals surface area contributed by atoms with E-state index in [-0.39, 0.29) is 5.84 Å². The predicted molar refractivity (Wildman–Crippen MR) is 134 cm³/mol. The van der Waals surface area contributed by atoms with E-state index in [1.807, 2.05) is 52.0 Å². The Bertz CT molecular complexity index is 912. The molecular weight excluding hydrogens is 435 g/mol. The molecular formula is C25H39BN2O6. The summed E-state index contributed by atoms with van der Waals surface area (Å²) in [5, 5.41) is 2.59. The summed E-state index contributed by atoms with van der Waals surface area (Å²) >= 11 is 0. The smallest absolute Gasteiger partial charge is 0.444 e. The van der Waals surface area contributed by atoms with Gasteiger partial charge < -0.3 is 18.8 Å². The molecule has 1 heterocycles. The molecule has 0 spiro atoms. The third kappa shape index (κ3) is 8.44. The van der Waals surface area contributed by atoms with Gasteiger partial charge in [-0.05, 0) is 86.7 Å². The molecule has 188 valence electrons. The van der Waals surface area contributed by atoms with Gasteiger partial charge in [0.2, 0.25) is 0 Å². The molecule has 1 fully saturated rings. The SMILES string of the molecule is CC(C)(C)OC(=O)N=C(CCc1cccc(B2OC(C)(C)C(C)(C)O2)c1)NC(=O)OC(C)(C)C. The van der Waals surface area contributed by atoms with Crippen LogP contribution in [0.4, 0.5) is 9.59 Å². The fourth-order valence-electron chi connectivity index (χ4n) is 3.10. The van der Waals surface area contributed by atoms with Gasteiger partial charge in [0, 0.05) is 6.42 Å². The quantitative estimate of drug-likeness (QED) is 0.384. The maximum absolute atomic E-state index is 12.3. The number of aliphatic imine (C=N–C) groups is 1. The van der Waals surface area contributed by atoms with Crippen molar-refractivity contribution in [2.24, 2.45) is 4.99 Å². The van der Waals surface area contributed by atoms with Crippen molar-refractivity contribution in [3.63, 3.8) is 0 Å². The highest BCUT2D eigenvalue weighted by Crippen LogP contribution is 2.36. The van der Waals surface area contributed by atoms with Crippen molar-refractivity contribution in [2.45, 2.75) is 104 Å². The van der Waals surface area contributed by atoms with Gasteiger partial charge in [0.05, 0.1) is 11.2 Å². The third-order valence-electron chi connectivity index (χ3n) is 5.39. The number of amides is 2. The average Bonchev–Trinajstić information content (AvgIpc) is 2.84. The number of benzene rings is 1. The molecule has 0 atom stereocenters. The third-order valence-corrected chi connectivity index (χ3v) is 5.39. The van der Waals surface area contributed by atoms with Gasteiger partial charge in [0.15, 0.2) is 0 Å². The number of aryl methyl sites for hydroxylation is 1. The van der Waals surface area contributed by atoms with Crippen molar-refractivity contribution in [1.82, 2.24) is 5.32 Å². The molecule has 0 aromatic heterocycles. The second-order valence-corrected chi connectivity index (χ2v) is 11.5. The number of carbonyl (C=O) groups excluding carboxylic acids is 2. The van der Waals surface area contributed by atoms with Gasteiger partial charge in [-0.3, -0.25) is 5.32 Å². The van der Waals surface area contributed by atoms with Crippen molar-refractivity contribution in [1.29, 1.82) is 0 Å². The van der Waals surface area contributed by atoms with Crippen LogP contribution in [0.2, 0.25) is 0 Å². The number of carbonyl (C=O) groups is 2. The summed E-state index contributed by atoms with van der Waals surface area (Å²) in [6, 6.07) is 7.86. The lowest BCUT2D eigenvalue weighted by atomic mass is 9.78. The molecule has 1 N–H and O–H groups in total. The molecule has 0 bridgehead atoms. The van der Waals surface area contributed by atoms with Crippen LogP contribution < -0.4 is 10.8 Å². The Labute approximate surface area is 203 Å². The molecule has 2 amide bonds. The second kappa shape index (κ2) is 10.1. The largest absolute Gasteiger partial charge is 0.494 e. The fraction of sp³-hybridized carbons (Fsp3) is 0.640. The van der Waals surface area contributed by atoms with Gasteiger partial charge in [-0.1, -0.05) is 24.3 Å². The van der Waals surface area contributed by atoms with E-state index in [0.717, 1.165) is 11.0 Å². The van der Waals surface area contributed by atoms with Gasteiger partial charge in [-0.15, -0.1) is 0 Å². The zero-order chi connectivity index (χ0) is 25.9. The first kappa shape index (κ1) is 27.9. The highest BCUT2D eigenvalue weighted by atomic mass is 16.7. The highest BCUT2D eigenvalue weighted by Gasteiger charge is 2.51. The van der Waals surface area contributed by atoms with E-state index in [4.69, 9.17) is 18.8 Å². The molecule has 0 unspecified atom stereocenters. The van der Waals surface area contributed by atoms with Crippen molar-refractivity contribution >= 4 is 30.6 Å². The summed E-state index contributed by atoms with van der Waals surface area (Å²) in [5.74, 6) is 0.171. The maximum atomic E-state index is 12.3. The first-order valence-corrected chi connectivity index (χ1v) is 11.6. The number of amidine groups is 1. The van der Waals surface area contributed by atoms with Crippen LogP contribution in [0.5, 0.6) is 0 Å². The van der Waals surface area contributed by atoms with Crippen LogP contribution in [-0.2, 0) is 25.2 Å². The molecule has 8 nitrogen and oxygen atoms in total. The maximum Gasteiger partial charge on any atom is 0.494 e. The predicted octanol–water partition coefficient (Wildman–Crippen LogP) is 4.78. The number of nitrogens with zero attached hydrogens (tertiary/aromatic N) is 1. The van der Waals surface area contributed by atoms with Gasteiger partial charge in [-0.2, -0.15) is 4.99 Å². The number of alkyl carbamates (subject to hydrolysis) is 1. The summed E-state index contributed by atoms with van der Waals surface area (Å²) in [5.41, 5.74) is -0.360. The van der Waals surface area contributed by atoms with Crippen molar-refractivity contribution < 1.29 is 28.4 Å². The lowest BCUT2D eigenvalue weighted by Gasteiger charge is -2.32. The van der Waals surface area contributed by atoms with E-state index in [1.54, 1.807) is 41.5 Å². The number of hydrogen-bond acceptors (Lipinski definition) is 6. The van der Waals surface area contributed by atoms with E-state index < -0.39 is 41.7 Å². The zero-order valence-corrected chi connectivity index (χ0v) is 22.2. The van der Waals surface area contributed by atoms with Gasteiger partial charge in [-0.25, -0.2) is 9.59 Å². The van der Waals surface area contributed by atoms with Crippen LogP contribution in [0.15, 0.2) is 29.3 Å². The lowest BCUT2D eigenvalue weighted by molar-refractivity contribution is 0.00578. The minimum atomic E-state index is -0.774. The Morgan fingerprint density at radius 3 is 2.06 bits per heavy atom. The highest BCUT2D eigenvalue weighted by molar-refractivity contribution is 6.62. The molecule has 1 aromatic rings. The summed E-state index contributed by atoms with van der Waals surface area (Å²) in [7, 11) is -0.472. The van der Waals surface area contributed by atoms with Crippen LogP contribution in [0.1, 0.15) is 81.2 Å². The molecule has 1 aliphatic heterocycles. The molecule has 1 saturated heterocycles. The van der Waals surface area contributed by atoms with Crippen molar-refractivity contribution in [3.05, 3.63) is 29.8 Å². The van der Waals surface area contributed by atoms with Gasteiger partial charge in [0.1, 0.15) is 17.0 Å². The van der Waals surface area contributed by atoms with Crippen LogP contribution in [0.25, 0.3) is 0 Å². The van der Waals surface area contributed by atoms with Crippen molar-refractivity contribution in [3.8, 4) is 0 Å². The number of nitrogens with one attached hydrogen (secondary N) is 1. The monoisotopic (exact) mass is 474 g/mol. The molecule has 0 saturated carbocycles. The molecule has 9 heteroatoms. The van der Waals surface area contributed by atoms with Gasteiger partial charge in [0.25, 0.3) is 0 Å². The van der Waals surface area contributed by atoms with Crippen LogP contribution in [0.3, 0.4) is 0 Å². The molecule has 34 heavy (non-hydrogen) atoms. The van der Waals surface area contributed by atoms with E-state index >= 15 is 0 Å². The van der Waals surface area contributed by atoms with E-state index in [9.17, 15) is 9.59 Å². The van der Waals surface area contributed by atoms with Crippen LogP contribution in [0, 0.1) is 0 Å². The zero-order valence-electron chi connectivity index (χ0n) is 22.2. The Morgan fingerprint density at radius 1 is 0.971 bits per heavy atom. The normalized spacial score (nSPS) is 17.9. The average molecular weight is 474 g/mol. The number of rotatable bonds is 4. The summed E-state index contributed by atoms with van der Waals surface area (Å²) < 4.78 is 22.9. The van der Waals surface area contributed by atoms with Crippen molar-refractivity contribution in [2.75, 3.05) is 0 Å². The van der Waals surface area contributed by atoms with E-state index in [0.29, 0.717) is 12.8 Å². The first-order valence-electron chi connectivity index (χ1n) is 11.6. The Balaban J connectivity index is 2.15. The van der Waals surface area contributed by atoms with E-state index in [1.165, 1.54) is 0 Å². The van der Waals surface area contributed by atoms with Crippen LogP contribution >= 0.6 is 0 Å². The Hall–Kier alpha value is -2.39. The molecule has 1 aromatic carbocycles. The standard InChI is InChI=1S/C25H39BN2O6/c1-22(2,3)31-20(29)27-19(28-21(30)32-23(4,5)6)15-14-17-12-11-13-18(16-17)26-33-24(7,8)25(9,10)34-26/h11-13,16H,14-15H2,1-10H3,(H,27,28,29,30). The minimum absolute atomic E-state index is 0.171. The lowest BCUT2D eigenvalue weighted by Crippen LogP contribution is -2.41. The summed E-state index contributed by atoms with van der Waals surface area (Å²) in [6.07, 6.45) is -0.638. The summed E-state index contributed by atoms with van der Waals surface area (Å²) in [6.45, 7) is 18.6. The topological polar surface area (TPSA) is 95.5 Å². The fourth-order valence-corrected chi connectivity index (χ4v) is 3.10. The minimum Gasteiger partial charge on any atom is -0.444 e. The van der Waals surface area contributed by atoms with E-state index in [2.05, 4.69) is 10.3 Å². The van der Waals surface area contributed by atoms with Gasteiger partial charge >= 0.3 is 19.3 Å². The number of ether oxygens (including phenoxy) is 2. The number of hydrogen-bond donors (Lipinski definition) is 1. The second-order valence-electron chi connectivity index (χ2n) is 11.5. The first-order chi connectivity index (χ1) is 15.4. The molecule has 1 aliphatic rings.